The van der Waals surface area contributed by atoms with Crippen molar-refractivity contribution in [1.82, 2.24) is 4.90 Å². The number of rotatable bonds is 8. The molecule has 0 aliphatic carbocycles. The lowest BCUT2D eigenvalue weighted by atomic mass is 9.94. The zero-order valence-corrected chi connectivity index (χ0v) is 18.3. The molecule has 2 aliphatic heterocycles. The topological polar surface area (TPSA) is 68.2 Å². The lowest BCUT2D eigenvalue weighted by Gasteiger charge is -2.33. The number of amides is 1. The molecule has 1 saturated heterocycles. The number of allylic oxidation sites excluding steroid dienone is 1. The van der Waals surface area contributed by atoms with Crippen LogP contribution in [-0.4, -0.2) is 40.4 Å². The van der Waals surface area contributed by atoms with Crippen LogP contribution in [0.1, 0.15) is 58.6 Å². The minimum atomic E-state index is -0.539. The maximum Gasteiger partial charge on any atom is 0.338 e. The van der Waals surface area contributed by atoms with Gasteiger partial charge >= 0.3 is 5.97 Å². The molecule has 6 nitrogen and oxygen atoms in total. The molecular weight excluding hydrogens is 388 g/mol. The second-order valence-electron chi connectivity index (χ2n) is 7.01. The number of ether oxygens (including phenoxy) is 2. The van der Waals surface area contributed by atoms with E-state index in [4.69, 9.17) is 9.47 Å². The van der Waals surface area contributed by atoms with Gasteiger partial charge < -0.3 is 9.47 Å². The fourth-order valence-corrected chi connectivity index (χ4v) is 4.59. The Morgan fingerprint density at radius 1 is 1.21 bits per heavy atom. The van der Waals surface area contributed by atoms with Crippen LogP contribution in [-0.2, 0) is 14.3 Å². The normalized spacial score (nSPS) is 21.2. The number of benzene rings is 1. The molecule has 1 fully saturated rings. The first-order valence-corrected chi connectivity index (χ1v) is 11.1. The van der Waals surface area contributed by atoms with E-state index in [-0.39, 0.29) is 17.8 Å². The average molecular weight is 417 g/mol. The highest BCUT2D eigenvalue weighted by Gasteiger charge is 2.47. The highest BCUT2D eigenvalue weighted by atomic mass is 32.2. The van der Waals surface area contributed by atoms with E-state index in [2.05, 4.69) is 11.9 Å². The molecule has 0 spiro atoms. The number of hydrogen-bond donors (Lipinski definition) is 0. The van der Waals surface area contributed by atoms with Crippen LogP contribution in [0.3, 0.4) is 0 Å². The van der Waals surface area contributed by atoms with Crippen molar-refractivity contribution in [2.24, 2.45) is 4.99 Å². The second-order valence-corrected chi connectivity index (χ2v) is 8.18. The van der Waals surface area contributed by atoms with Gasteiger partial charge in [-0.25, -0.2) is 9.79 Å². The summed E-state index contributed by atoms with van der Waals surface area (Å²) < 4.78 is 11.0. The number of nitrogens with zero attached hydrogens (tertiary/aromatic N) is 2. The molecule has 1 aromatic rings. The van der Waals surface area contributed by atoms with Gasteiger partial charge in [0.15, 0.2) is 5.17 Å². The number of unbranched alkanes of at least 4 members (excludes halogenated alkanes) is 1. The van der Waals surface area contributed by atoms with E-state index in [1.54, 1.807) is 18.7 Å². The van der Waals surface area contributed by atoms with Crippen LogP contribution in [0.4, 0.5) is 0 Å². The standard InChI is InChI=1S/C22H28N2O4S/c1-5-8-13-28-16-11-9-15(10-12-16)19-18(21(26)27-7-3)14(4)23-22-24(19)20(25)17(6-2)29-22/h9-12,17,19H,5-8,13H2,1-4H3. The average Bonchev–Trinajstić information content (AvgIpc) is 3.03. The molecule has 0 N–H and O–H groups in total. The Kier molecular flexibility index (Phi) is 7.00. The third kappa shape index (κ3) is 4.34. The quantitative estimate of drug-likeness (QED) is 0.462. The molecule has 7 heteroatoms. The lowest BCUT2D eigenvalue weighted by molar-refractivity contribution is -0.139. The number of aliphatic imine (C=N–C) groups is 1. The number of carbonyl (C=O) groups excluding carboxylic acids is 2. The molecule has 0 radical (unpaired) electrons. The Balaban J connectivity index is 1.98. The van der Waals surface area contributed by atoms with Gasteiger partial charge in [-0.2, -0.15) is 0 Å². The van der Waals surface area contributed by atoms with E-state index in [9.17, 15) is 9.59 Å². The van der Waals surface area contributed by atoms with Gasteiger partial charge in [-0.05, 0) is 44.4 Å². The van der Waals surface area contributed by atoms with E-state index >= 15 is 0 Å². The highest BCUT2D eigenvalue weighted by Crippen LogP contribution is 2.44. The van der Waals surface area contributed by atoms with Crippen molar-refractivity contribution >= 4 is 28.8 Å². The fraction of sp³-hybridized carbons (Fsp3) is 0.500. The molecule has 1 amide bonds. The Morgan fingerprint density at radius 2 is 1.93 bits per heavy atom. The van der Waals surface area contributed by atoms with Gasteiger partial charge in [0.1, 0.15) is 5.75 Å². The van der Waals surface area contributed by atoms with Crippen molar-refractivity contribution in [3.8, 4) is 5.75 Å². The molecule has 3 rings (SSSR count). The third-order valence-electron chi connectivity index (χ3n) is 4.98. The summed E-state index contributed by atoms with van der Waals surface area (Å²) in [6.45, 7) is 8.61. The largest absolute Gasteiger partial charge is 0.494 e. The first kappa shape index (κ1) is 21.4. The third-order valence-corrected chi connectivity index (χ3v) is 6.30. The van der Waals surface area contributed by atoms with Crippen molar-refractivity contribution in [3.63, 3.8) is 0 Å². The molecule has 0 bridgehead atoms. The van der Waals surface area contributed by atoms with Gasteiger partial charge in [0.05, 0.1) is 35.8 Å². The lowest BCUT2D eigenvalue weighted by Crippen LogP contribution is -2.40. The smallest absolute Gasteiger partial charge is 0.338 e. The van der Waals surface area contributed by atoms with E-state index in [1.807, 2.05) is 31.2 Å². The van der Waals surface area contributed by atoms with Crippen LogP contribution in [0.15, 0.2) is 40.5 Å². The van der Waals surface area contributed by atoms with E-state index in [1.165, 1.54) is 11.8 Å². The first-order valence-electron chi connectivity index (χ1n) is 10.2. The maximum absolute atomic E-state index is 13.1. The summed E-state index contributed by atoms with van der Waals surface area (Å²) >= 11 is 1.46. The number of esters is 1. The van der Waals surface area contributed by atoms with Gasteiger partial charge in [-0.1, -0.05) is 44.2 Å². The fourth-order valence-electron chi connectivity index (χ4n) is 3.45. The van der Waals surface area contributed by atoms with Gasteiger partial charge in [-0.3, -0.25) is 9.69 Å². The van der Waals surface area contributed by atoms with E-state index in [0.717, 1.165) is 24.2 Å². The molecule has 0 saturated carbocycles. The predicted molar refractivity (Wildman–Crippen MR) is 115 cm³/mol. The van der Waals surface area contributed by atoms with Gasteiger partial charge in [0.2, 0.25) is 5.91 Å². The Hall–Kier alpha value is -2.28. The maximum atomic E-state index is 13.1. The molecule has 1 aromatic carbocycles. The van der Waals surface area contributed by atoms with Crippen LogP contribution < -0.4 is 4.74 Å². The summed E-state index contributed by atoms with van der Waals surface area (Å²) in [5.74, 6) is 0.330. The summed E-state index contributed by atoms with van der Waals surface area (Å²) in [6.07, 6.45) is 2.78. The van der Waals surface area contributed by atoms with Crippen LogP contribution in [0.25, 0.3) is 0 Å². The van der Waals surface area contributed by atoms with E-state index in [0.29, 0.717) is 29.5 Å². The molecule has 2 atom stereocenters. The number of fused-ring (bicyclic) bond motifs is 1. The Bertz CT molecular complexity index is 832. The predicted octanol–water partition coefficient (Wildman–Crippen LogP) is 4.47. The molecule has 0 aromatic heterocycles. The monoisotopic (exact) mass is 416 g/mol. The first-order chi connectivity index (χ1) is 14.0. The summed E-state index contributed by atoms with van der Waals surface area (Å²) in [6, 6.07) is 7.07. The summed E-state index contributed by atoms with van der Waals surface area (Å²) in [5, 5.41) is 0.475. The van der Waals surface area contributed by atoms with Crippen LogP contribution in [0.2, 0.25) is 0 Å². The van der Waals surface area contributed by atoms with Crippen molar-refractivity contribution in [3.05, 3.63) is 41.1 Å². The molecule has 156 valence electrons. The van der Waals surface area contributed by atoms with Crippen molar-refractivity contribution in [1.29, 1.82) is 0 Å². The summed E-state index contributed by atoms with van der Waals surface area (Å²) in [5.41, 5.74) is 1.86. The van der Waals surface area contributed by atoms with Crippen LogP contribution >= 0.6 is 11.8 Å². The van der Waals surface area contributed by atoms with Gasteiger partial charge in [0, 0.05) is 0 Å². The number of carbonyl (C=O) groups is 2. The second kappa shape index (κ2) is 9.48. The summed E-state index contributed by atoms with van der Waals surface area (Å²) in [7, 11) is 0. The SMILES string of the molecule is CCCCOc1ccc(C2C(C(=O)OCC)=C(C)N=C3SC(CC)C(=O)N32)cc1. The van der Waals surface area contributed by atoms with E-state index < -0.39 is 12.0 Å². The van der Waals surface area contributed by atoms with Crippen LogP contribution in [0.5, 0.6) is 5.75 Å². The highest BCUT2D eigenvalue weighted by molar-refractivity contribution is 8.15. The number of thioether (sulfide) groups is 1. The Morgan fingerprint density at radius 3 is 2.55 bits per heavy atom. The van der Waals surface area contributed by atoms with Gasteiger partial charge in [-0.15, -0.1) is 0 Å². The van der Waals surface area contributed by atoms with Crippen molar-refractivity contribution in [2.45, 2.75) is 58.2 Å². The molecule has 2 unspecified atom stereocenters. The molecule has 2 aliphatic rings. The number of hydrogen-bond acceptors (Lipinski definition) is 6. The van der Waals surface area contributed by atoms with Gasteiger partial charge in [0.25, 0.3) is 0 Å². The minimum Gasteiger partial charge on any atom is -0.494 e. The zero-order chi connectivity index (χ0) is 21.0. The Labute approximate surface area is 176 Å². The van der Waals surface area contributed by atoms with Crippen molar-refractivity contribution < 1.29 is 19.1 Å². The molecule has 29 heavy (non-hydrogen) atoms. The van der Waals surface area contributed by atoms with Crippen molar-refractivity contribution in [2.75, 3.05) is 13.2 Å². The minimum absolute atomic E-state index is 0.0150. The van der Waals surface area contributed by atoms with Crippen LogP contribution in [0, 0.1) is 0 Å². The molecule has 2 heterocycles. The number of amidine groups is 1. The zero-order valence-electron chi connectivity index (χ0n) is 17.4. The summed E-state index contributed by atoms with van der Waals surface area (Å²) in [4.78, 5) is 32.0. The molecular formula is C22H28N2O4S.